The van der Waals surface area contributed by atoms with E-state index in [1.165, 1.54) is 25.8 Å². The summed E-state index contributed by atoms with van der Waals surface area (Å²) in [5.41, 5.74) is -0.979. The number of carbonyl (C=O) groups excluding carboxylic acids is 10. The van der Waals surface area contributed by atoms with E-state index in [1.54, 1.807) is 6.92 Å². The molecule has 6 aliphatic heterocycles. The van der Waals surface area contributed by atoms with Crippen molar-refractivity contribution in [2.24, 2.45) is 5.41 Å². The Balaban J connectivity index is 1.05. The summed E-state index contributed by atoms with van der Waals surface area (Å²) in [4.78, 5) is 172. The molecule has 6 aliphatic rings. The van der Waals surface area contributed by atoms with Gasteiger partial charge in [0.1, 0.15) is 138 Å². The van der Waals surface area contributed by atoms with E-state index in [9.17, 15) is 109 Å². The normalized spacial score (nSPS) is 32.0. The van der Waals surface area contributed by atoms with E-state index in [2.05, 4.69) is 47.8 Å². The second kappa shape index (κ2) is 53.7. The molecular formula is C73H115N3O44S3. The molecule has 6 rings (SSSR count). The highest BCUT2D eigenvalue weighted by Gasteiger charge is 2.57. The van der Waals surface area contributed by atoms with Crippen LogP contribution in [0, 0.1) is 5.41 Å². The molecule has 123 heavy (non-hydrogen) atoms. The van der Waals surface area contributed by atoms with Crippen LogP contribution >= 0.6 is 37.0 Å². The van der Waals surface area contributed by atoms with Crippen molar-refractivity contribution in [3.63, 3.8) is 0 Å². The molecule has 6 fully saturated rings. The predicted octanol–water partition coefficient (Wildman–Crippen LogP) is -5.89. The molecule has 6 saturated heterocycles. The first-order valence-electron chi connectivity index (χ1n) is 39.5. The molecule has 47 nitrogen and oxygen atoms in total. The van der Waals surface area contributed by atoms with E-state index in [-0.39, 0.29) is 69.9 Å². The second-order valence-corrected chi connectivity index (χ2v) is 31.5. The van der Waals surface area contributed by atoms with Gasteiger partial charge in [-0.3, -0.25) is 33.6 Å². The van der Waals surface area contributed by atoms with Crippen molar-refractivity contribution < 1.29 is 214 Å². The number of esters is 7. The van der Waals surface area contributed by atoms with Gasteiger partial charge in [-0.25, -0.2) is 48.5 Å². The van der Waals surface area contributed by atoms with E-state index in [0.717, 1.165) is 26.8 Å². The van der Waals surface area contributed by atoms with Crippen LogP contribution in [0.4, 0.5) is 0 Å². The Hall–Kier alpha value is -6.04. The molecule has 0 aromatic heterocycles. The molecule has 0 aromatic carbocycles. The van der Waals surface area contributed by atoms with Crippen molar-refractivity contribution in [3.8, 4) is 0 Å². The fourth-order valence-corrected chi connectivity index (χ4v) is 14.3. The lowest BCUT2D eigenvalue weighted by Crippen LogP contribution is -2.65. The number of aliphatic hydroxyl groups is 10. The number of amides is 3. The van der Waals surface area contributed by atoms with Crippen molar-refractivity contribution in [2.75, 3.05) is 96.2 Å². The number of thioether (sulfide) groups is 1. The van der Waals surface area contributed by atoms with Gasteiger partial charge in [0.2, 0.25) is 30.3 Å². The molecule has 14 N–H and O–H groups in total. The van der Waals surface area contributed by atoms with Crippen molar-refractivity contribution in [3.05, 3.63) is 12.7 Å². The molecule has 0 saturated carbocycles. The number of nitrogens with one attached hydrogen (secondary N) is 3. The summed E-state index contributed by atoms with van der Waals surface area (Å²) >= 11 is 9.48. The van der Waals surface area contributed by atoms with Crippen molar-refractivity contribution in [1.82, 2.24) is 16.0 Å². The van der Waals surface area contributed by atoms with Crippen molar-refractivity contribution in [1.29, 1.82) is 0 Å². The Morgan fingerprint density at radius 3 is 1.33 bits per heavy atom. The van der Waals surface area contributed by atoms with Gasteiger partial charge in [-0.05, 0) is 31.9 Å². The molecule has 0 bridgehead atoms. The molecule has 0 aliphatic carbocycles. The number of unbranched alkanes of at least 4 members (excludes halogenated alkanes) is 1. The maximum atomic E-state index is 14.2. The molecule has 0 radical (unpaired) electrons. The number of hydrogen-bond acceptors (Lipinski definition) is 46. The number of aliphatic hydroxyl groups excluding tert-OH is 10. The zero-order chi connectivity index (χ0) is 90.8. The fourth-order valence-electron chi connectivity index (χ4n) is 13.0. The lowest BCUT2D eigenvalue weighted by Gasteiger charge is -2.46. The lowest BCUT2D eigenvalue weighted by atomic mass is 9.88. The Labute approximate surface area is 720 Å². The quantitative estimate of drug-likeness (QED) is 0.00513. The maximum Gasteiger partial charge on any atom is 0.338 e. The van der Waals surface area contributed by atoms with E-state index in [0.29, 0.717) is 30.8 Å². The van der Waals surface area contributed by atoms with Gasteiger partial charge in [-0.15, -0.1) is 0 Å². The Morgan fingerprint density at radius 2 is 0.902 bits per heavy atom. The van der Waals surface area contributed by atoms with Gasteiger partial charge in [0.25, 0.3) is 0 Å². The van der Waals surface area contributed by atoms with Crippen LogP contribution in [0.5, 0.6) is 0 Å². The first-order valence-corrected chi connectivity index (χ1v) is 41.9. The SMILES string of the molecule is C=CC(=O)OCC(O)COC(=O)C1OC(OO[C@H]2C[C@H](NC(C)=O)[C@H](O[C@@H]3CC(O)C(C)OC3C(=O)OC[C@@H](O)COC(=O)CCSCCCCC(=O)OCC(CC)(COC(=O)CCS)COC(=O)CCS)O[C@H]2CO)C(O)C(O)[C@H]1O[C@@H]1OC(CO)[C@@H](OOC2OC(C(=O)O)[C@H](O[C@@H]3OC(CO)[C@@H](OOC)C[C@@H]3NC(C)=O)C(O)C2O)CC1NC(C)=O. The number of carboxylic acids is 1. The minimum absolute atomic E-state index is 0.0551. The minimum Gasteiger partial charge on any atom is -0.479 e. The van der Waals surface area contributed by atoms with Crippen LogP contribution < -0.4 is 16.0 Å². The summed E-state index contributed by atoms with van der Waals surface area (Å²) in [7, 11) is 1.17. The Bertz CT molecular complexity index is 3320. The summed E-state index contributed by atoms with van der Waals surface area (Å²) in [6.07, 6.45) is -43.9. The van der Waals surface area contributed by atoms with Crippen LogP contribution in [-0.4, -0.2) is 389 Å². The second-order valence-electron chi connectivity index (χ2n) is 29.3. The molecule has 704 valence electrons. The molecule has 0 aromatic rings. The zero-order valence-electron chi connectivity index (χ0n) is 68.3. The fraction of sp³-hybridized carbons (Fsp3) is 0.822. The summed E-state index contributed by atoms with van der Waals surface area (Å²) in [5.74, 6) is -8.35. The minimum atomic E-state index is -2.37. The number of aliphatic carboxylic acids is 1. The van der Waals surface area contributed by atoms with E-state index < -0.39 is 302 Å². The average Bonchev–Trinajstić information content (AvgIpc) is 0.783. The smallest absolute Gasteiger partial charge is 0.338 e. The topological polar surface area (TPSA) is 649 Å². The largest absolute Gasteiger partial charge is 0.479 e. The maximum absolute atomic E-state index is 14.2. The van der Waals surface area contributed by atoms with Crippen LogP contribution in [-0.2, 0) is 158 Å². The number of carbonyl (C=O) groups is 11. The zero-order valence-corrected chi connectivity index (χ0v) is 70.9. The monoisotopic (exact) mass is 1830 g/mol. The highest BCUT2D eigenvalue weighted by Crippen LogP contribution is 2.37. The molecule has 28 atom stereocenters. The molecule has 15 unspecified atom stereocenters. The van der Waals surface area contributed by atoms with Gasteiger partial charge < -0.3 is 148 Å². The third-order valence-corrected chi connectivity index (χ3v) is 21.2. The van der Waals surface area contributed by atoms with Crippen molar-refractivity contribution >= 4 is 102 Å². The van der Waals surface area contributed by atoms with Crippen LogP contribution in [0.2, 0.25) is 0 Å². The van der Waals surface area contributed by atoms with Gasteiger partial charge in [0.15, 0.2) is 37.2 Å². The first kappa shape index (κ1) is 106. The van der Waals surface area contributed by atoms with E-state index in [4.69, 9.17) is 105 Å². The standard InChI is InChI=1S/C73H115N3O44S3/c1-8-51(86)100-27-38(83)30-103-67(98)64-62(113-70-42(76-37(6)82)22-46(50(26-79)111-70)117-119-71-58(93)56(91)61(63(114-71)65(95)96)112-69-41(75-36(5)81)20-44(116-99-7)48(24-77)110-69)57(92)59(94)72(115-64)120-118-45-21-40(74-35(4)80)68(109-49(45)25-78)108-47-23-43(85)34(3)107-60(47)66(97)102-29-39(84)28-101-55(90)15-19-123-18-11-10-12-52(87)104-31-73(9-2,32-105-53(88)13-16-121)33-106-54(89)14-17-122/h8,34,38-50,56-64,68-72,77-79,83-85,91-94,121-122H,1,9-33H2,2-7H3,(H,74,80)(H,75,81)(H,76,82)(H,95,96)/t34?,38?,39-,40-,41-,42?,43?,44-,45-,46-,47+,48?,49-,50?,56?,57?,58?,59?,60?,61+,62+,63?,64?,68+,69-,70-,71?,72?/m0/s1. The summed E-state index contributed by atoms with van der Waals surface area (Å²) < 4.78 is 90.1. The third kappa shape index (κ3) is 33.5. The highest BCUT2D eigenvalue weighted by molar-refractivity contribution is 7.99. The van der Waals surface area contributed by atoms with Crippen LogP contribution in [0.1, 0.15) is 105 Å². The van der Waals surface area contributed by atoms with Crippen LogP contribution in [0.15, 0.2) is 12.7 Å². The molecule has 3 amide bonds. The number of rotatable bonds is 51. The predicted molar refractivity (Wildman–Crippen MR) is 411 cm³/mol. The summed E-state index contributed by atoms with van der Waals surface area (Å²) in [6.45, 7) is 3.58. The molecule has 0 spiro atoms. The highest BCUT2D eigenvalue weighted by atomic mass is 32.2. The van der Waals surface area contributed by atoms with E-state index in [1.807, 2.05) is 0 Å². The number of ether oxygens (including phenoxy) is 16. The third-order valence-electron chi connectivity index (χ3n) is 19.7. The van der Waals surface area contributed by atoms with Gasteiger partial charge in [-0.1, -0.05) is 13.5 Å². The van der Waals surface area contributed by atoms with E-state index >= 15 is 0 Å². The van der Waals surface area contributed by atoms with Gasteiger partial charge in [0.05, 0.1) is 81.9 Å². The number of carboxylic acid groups (broad SMARTS) is 1. The first-order chi connectivity index (χ1) is 58.5. The lowest BCUT2D eigenvalue weighted by molar-refractivity contribution is -0.461. The molecule has 50 heteroatoms. The molecule has 6 heterocycles. The number of hydrogen-bond donors (Lipinski definition) is 16. The van der Waals surface area contributed by atoms with Crippen molar-refractivity contribution in [2.45, 2.75) is 277 Å². The number of thiol groups is 2. The Morgan fingerprint density at radius 1 is 0.488 bits per heavy atom. The molecular weight excluding hydrogens is 1720 g/mol. The Kier molecular flexibility index (Phi) is 46.1. The summed E-state index contributed by atoms with van der Waals surface area (Å²) in [6, 6.07) is -3.94. The van der Waals surface area contributed by atoms with Gasteiger partial charge >= 0.3 is 47.8 Å². The average molecular weight is 1830 g/mol. The van der Waals surface area contributed by atoms with Gasteiger partial charge in [-0.2, -0.15) is 37.0 Å². The van der Waals surface area contributed by atoms with Gasteiger partial charge in [0, 0.05) is 76.2 Å². The van der Waals surface area contributed by atoms with Crippen LogP contribution in [0.3, 0.4) is 0 Å². The summed E-state index contributed by atoms with van der Waals surface area (Å²) in [5, 5.41) is 128. The van der Waals surface area contributed by atoms with Crippen LogP contribution in [0.25, 0.3) is 0 Å².